The van der Waals surface area contributed by atoms with Crippen LogP contribution in [0.25, 0.3) is 11.0 Å². The van der Waals surface area contributed by atoms with Gasteiger partial charge in [0, 0.05) is 20.1 Å². The predicted octanol–water partition coefficient (Wildman–Crippen LogP) is 1.90. The van der Waals surface area contributed by atoms with E-state index in [-0.39, 0.29) is 11.3 Å². The molecule has 0 saturated carbocycles. The maximum Gasteiger partial charge on any atom is 0.339 e. The standard InChI is InChI=1S/C17H18N6O4/c1-22-15(10(9-18-22)17(25)26)16(24)19-11-5-6-12(14-13(11)20-27-21-14)23-7-3-2-4-8-23/h5-6,9H,2-4,7-8H2,1H3,(H,19,24)(H,25,26). The van der Waals surface area contributed by atoms with E-state index in [4.69, 9.17) is 4.63 Å². The van der Waals surface area contributed by atoms with Crippen molar-refractivity contribution in [3.8, 4) is 0 Å². The van der Waals surface area contributed by atoms with E-state index in [1.807, 2.05) is 6.07 Å². The molecule has 2 aromatic heterocycles. The number of rotatable bonds is 4. The molecule has 1 aromatic carbocycles. The van der Waals surface area contributed by atoms with Crippen LogP contribution in [0.3, 0.4) is 0 Å². The van der Waals surface area contributed by atoms with Gasteiger partial charge in [-0.2, -0.15) is 5.10 Å². The van der Waals surface area contributed by atoms with Crippen LogP contribution in [0, 0.1) is 0 Å². The van der Waals surface area contributed by atoms with Crippen LogP contribution in [0.5, 0.6) is 0 Å². The predicted molar refractivity (Wildman–Crippen MR) is 96.0 cm³/mol. The molecule has 3 heterocycles. The second-order valence-electron chi connectivity index (χ2n) is 6.43. The first-order chi connectivity index (χ1) is 13.1. The van der Waals surface area contributed by atoms with E-state index in [0.717, 1.165) is 37.8 Å². The highest BCUT2D eigenvalue weighted by Gasteiger charge is 2.24. The molecule has 1 aliphatic heterocycles. The number of carboxylic acids is 1. The third-order valence-electron chi connectivity index (χ3n) is 4.72. The van der Waals surface area contributed by atoms with Crippen molar-refractivity contribution in [3.05, 3.63) is 29.6 Å². The number of amides is 1. The molecule has 10 nitrogen and oxygen atoms in total. The van der Waals surface area contributed by atoms with E-state index >= 15 is 0 Å². The van der Waals surface area contributed by atoms with Crippen molar-refractivity contribution < 1.29 is 19.3 Å². The van der Waals surface area contributed by atoms with E-state index in [9.17, 15) is 14.7 Å². The SMILES string of the molecule is Cn1ncc(C(=O)O)c1C(=O)Nc1ccc(N2CCCCC2)c2nonc12. The number of carbonyl (C=O) groups is 2. The lowest BCUT2D eigenvalue weighted by molar-refractivity contribution is 0.0692. The van der Waals surface area contributed by atoms with Crippen LogP contribution in [0.1, 0.15) is 40.1 Å². The van der Waals surface area contributed by atoms with Crippen LogP contribution in [0.15, 0.2) is 23.0 Å². The summed E-state index contributed by atoms with van der Waals surface area (Å²) in [7, 11) is 1.51. The van der Waals surface area contributed by atoms with Gasteiger partial charge in [-0.05, 0) is 41.7 Å². The molecule has 1 saturated heterocycles. The summed E-state index contributed by atoms with van der Waals surface area (Å²) in [6, 6.07) is 3.60. The summed E-state index contributed by atoms with van der Waals surface area (Å²) >= 11 is 0. The molecule has 3 aromatic rings. The van der Waals surface area contributed by atoms with Crippen molar-refractivity contribution in [2.75, 3.05) is 23.3 Å². The maximum absolute atomic E-state index is 12.6. The first kappa shape index (κ1) is 17.0. The molecule has 0 radical (unpaired) electrons. The highest BCUT2D eigenvalue weighted by molar-refractivity contribution is 6.12. The third-order valence-corrected chi connectivity index (χ3v) is 4.72. The molecule has 140 valence electrons. The second kappa shape index (κ2) is 6.71. The number of carbonyl (C=O) groups excluding carboxylic acids is 1. The van der Waals surface area contributed by atoms with Gasteiger partial charge in [0.1, 0.15) is 11.3 Å². The highest BCUT2D eigenvalue weighted by Crippen LogP contribution is 2.31. The van der Waals surface area contributed by atoms with Crippen LogP contribution in [0.2, 0.25) is 0 Å². The molecule has 0 unspecified atom stereocenters. The smallest absolute Gasteiger partial charge is 0.339 e. The molecule has 2 N–H and O–H groups in total. The molecule has 1 amide bonds. The zero-order valence-corrected chi connectivity index (χ0v) is 14.7. The van der Waals surface area contributed by atoms with Gasteiger partial charge in [0.2, 0.25) is 0 Å². The Morgan fingerprint density at radius 1 is 1.15 bits per heavy atom. The summed E-state index contributed by atoms with van der Waals surface area (Å²) in [6.45, 7) is 1.87. The normalized spacial score (nSPS) is 14.5. The highest BCUT2D eigenvalue weighted by atomic mass is 16.6. The average Bonchev–Trinajstić information content (AvgIpc) is 3.29. The average molecular weight is 370 g/mol. The number of carboxylic acid groups (broad SMARTS) is 1. The Morgan fingerprint density at radius 3 is 2.63 bits per heavy atom. The van der Waals surface area contributed by atoms with Crippen molar-refractivity contribution in [1.29, 1.82) is 0 Å². The lowest BCUT2D eigenvalue weighted by atomic mass is 10.1. The quantitative estimate of drug-likeness (QED) is 0.713. The number of benzene rings is 1. The Hall–Kier alpha value is -3.43. The number of piperidine rings is 1. The Bertz CT molecular complexity index is 1020. The van der Waals surface area contributed by atoms with Gasteiger partial charge >= 0.3 is 5.97 Å². The van der Waals surface area contributed by atoms with Gasteiger partial charge < -0.3 is 15.3 Å². The maximum atomic E-state index is 12.6. The lowest BCUT2D eigenvalue weighted by Gasteiger charge is -2.28. The van der Waals surface area contributed by atoms with Gasteiger partial charge in [0.15, 0.2) is 11.0 Å². The van der Waals surface area contributed by atoms with Crippen LogP contribution in [-0.4, -0.2) is 50.2 Å². The number of anilines is 2. The van der Waals surface area contributed by atoms with Gasteiger partial charge in [-0.3, -0.25) is 9.48 Å². The zero-order valence-electron chi connectivity index (χ0n) is 14.7. The number of aryl methyl sites for hydroxylation is 1. The number of aromatic carboxylic acids is 1. The topological polar surface area (TPSA) is 126 Å². The summed E-state index contributed by atoms with van der Waals surface area (Å²) in [5.41, 5.74) is 2.08. The molecule has 10 heteroatoms. The Morgan fingerprint density at radius 2 is 1.89 bits per heavy atom. The first-order valence-corrected chi connectivity index (χ1v) is 8.63. The minimum absolute atomic E-state index is 0.0489. The largest absolute Gasteiger partial charge is 0.478 e. The summed E-state index contributed by atoms with van der Waals surface area (Å²) in [5, 5.41) is 23.7. The van der Waals surface area contributed by atoms with Gasteiger partial charge in [0.25, 0.3) is 5.91 Å². The fraction of sp³-hybridized carbons (Fsp3) is 0.353. The van der Waals surface area contributed by atoms with Gasteiger partial charge in [-0.15, -0.1) is 0 Å². The van der Waals surface area contributed by atoms with E-state index in [2.05, 4.69) is 25.6 Å². The summed E-state index contributed by atoms with van der Waals surface area (Å²) < 4.78 is 6.13. The molecule has 0 spiro atoms. The lowest BCUT2D eigenvalue weighted by Crippen LogP contribution is -2.29. The Labute approximate surface area is 153 Å². The summed E-state index contributed by atoms with van der Waals surface area (Å²) in [5.74, 6) is -1.82. The molecule has 0 bridgehead atoms. The molecule has 0 aliphatic carbocycles. The molecular formula is C17H18N6O4. The van der Waals surface area contributed by atoms with E-state index in [1.165, 1.54) is 18.2 Å². The fourth-order valence-corrected chi connectivity index (χ4v) is 3.39. The molecule has 4 rings (SSSR count). The number of hydrogen-bond donors (Lipinski definition) is 2. The third kappa shape index (κ3) is 2.98. The number of nitrogens with one attached hydrogen (secondary N) is 1. The monoisotopic (exact) mass is 370 g/mol. The second-order valence-corrected chi connectivity index (χ2v) is 6.43. The van der Waals surface area contributed by atoms with Crippen molar-refractivity contribution >= 4 is 34.3 Å². The Kier molecular flexibility index (Phi) is 4.22. The fourth-order valence-electron chi connectivity index (χ4n) is 3.39. The minimum Gasteiger partial charge on any atom is -0.478 e. The Balaban J connectivity index is 1.67. The number of nitrogens with zero attached hydrogens (tertiary/aromatic N) is 5. The number of aromatic nitrogens is 4. The summed E-state index contributed by atoms with van der Waals surface area (Å²) in [6.07, 6.45) is 4.58. The first-order valence-electron chi connectivity index (χ1n) is 8.63. The van der Waals surface area contributed by atoms with E-state index < -0.39 is 11.9 Å². The zero-order chi connectivity index (χ0) is 19.0. The van der Waals surface area contributed by atoms with Crippen LogP contribution in [-0.2, 0) is 7.05 Å². The van der Waals surface area contributed by atoms with E-state index in [0.29, 0.717) is 16.7 Å². The van der Waals surface area contributed by atoms with Gasteiger partial charge in [-0.25, -0.2) is 9.42 Å². The minimum atomic E-state index is -1.22. The van der Waals surface area contributed by atoms with Crippen LogP contribution >= 0.6 is 0 Å². The van der Waals surface area contributed by atoms with Crippen molar-refractivity contribution in [2.45, 2.75) is 19.3 Å². The van der Waals surface area contributed by atoms with Crippen LogP contribution < -0.4 is 10.2 Å². The van der Waals surface area contributed by atoms with Gasteiger partial charge in [0.05, 0.1) is 17.6 Å². The molecular weight excluding hydrogens is 352 g/mol. The molecule has 1 fully saturated rings. The van der Waals surface area contributed by atoms with Crippen molar-refractivity contribution in [1.82, 2.24) is 20.1 Å². The van der Waals surface area contributed by atoms with Crippen molar-refractivity contribution in [2.24, 2.45) is 7.05 Å². The number of hydrogen-bond acceptors (Lipinski definition) is 7. The molecule has 27 heavy (non-hydrogen) atoms. The molecule has 0 atom stereocenters. The molecule has 1 aliphatic rings. The van der Waals surface area contributed by atoms with Gasteiger partial charge in [-0.1, -0.05) is 0 Å². The van der Waals surface area contributed by atoms with Crippen LogP contribution in [0.4, 0.5) is 11.4 Å². The van der Waals surface area contributed by atoms with E-state index in [1.54, 1.807) is 6.07 Å². The number of fused-ring (bicyclic) bond motifs is 1. The summed E-state index contributed by atoms with van der Waals surface area (Å²) in [4.78, 5) is 26.2. The van der Waals surface area contributed by atoms with Crippen molar-refractivity contribution in [3.63, 3.8) is 0 Å².